The molecule has 0 unspecified atom stereocenters. The van der Waals surface area contributed by atoms with Crippen LogP contribution in [-0.4, -0.2) is 11.7 Å². The van der Waals surface area contributed by atoms with Crippen molar-refractivity contribution >= 4 is 17.3 Å². The van der Waals surface area contributed by atoms with E-state index < -0.39 is 30.1 Å². The van der Waals surface area contributed by atoms with Crippen LogP contribution in [0.1, 0.15) is 17.2 Å². The Morgan fingerprint density at radius 2 is 1.94 bits per heavy atom. The van der Waals surface area contributed by atoms with Crippen molar-refractivity contribution in [3.8, 4) is 0 Å². The van der Waals surface area contributed by atoms with Crippen molar-refractivity contribution in [3.05, 3.63) is 28.3 Å². The quantitative estimate of drug-likeness (QED) is 0.706. The zero-order valence-corrected chi connectivity index (χ0v) is 8.81. The maximum atomic E-state index is 12.5. The van der Waals surface area contributed by atoms with Crippen LogP contribution in [0.3, 0.4) is 0 Å². The minimum Gasteiger partial charge on any atom is -0.398 e. The summed E-state index contributed by atoms with van der Waals surface area (Å²) in [5, 5.41) is 8.67. The molecule has 0 aliphatic heterocycles. The third-order valence-corrected chi connectivity index (χ3v) is 2.30. The highest BCUT2D eigenvalue weighted by Gasteiger charge is 2.34. The zero-order valence-electron chi connectivity index (χ0n) is 8.05. The van der Waals surface area contributed by atoms with Gasteiger partial charge in [0.1, 0.15) is 0 Å². The van der Waals surface area contributed by atoms with Crippen LogP contribution in [0, 0.1) is 0 Å². The Bertz CT molecular complexity index is 395. The summed E-state index contributed by atoms with van der Waals surface area (Å²) in [7, 11) is 0. The van der Waals surface area contributed by atoms with Crippen molar-refractivity contribution in [2.45, 2.75) is 12.2 Å². The number of rotatable bonds is 2. The van der Waals surface area contributed by atoms with Crippen LogP contribution in [0.25, 0.3) is 0 Å². The highest BCUT2D eigenvalue weighted by atomic mass is 35.5. The fraction of sp³-hybridized carbons (Fsp3) is 0.333. The number of benzene rings is 1. The second-order valence-corrected chi connectivity index (χ2v) is 3.68. The Morgan fingerprint density at radius 3 is 2.38 bits per heavy atom. The number of nitrogen functional groups attached to an aromatic ring is 1. The molecule has 0 aliphatic rings. The van der Waals surface area contributed by atoms with Crippen molar-refractivity contribution < 1.29 is 18.3 Å². The molecule has 7 heteroatoms. The van der Waals surface area contributed by atoms with Crippen molar-refractivity contribution in [2.24, 2.45) is 5.73 Å². The summed E-state index contributed by atoms with van der Waals surface area (Å²) in [6, 6.07) is 0.956. The number of anilines is 1. The molecule has 0 spiro atoms. The number of aliphatic hydroxyl groups is 1. The molecule has 0 radical (unpaired) electrons. The highest BCUT2D eigenvalue weighted by Crippen LogP contribution is 2.38. The van der Waals surface area contributed by atoms with E-state index >= 15 is 0 Å². The Hall–Kier alpha value is -0.980. The van der Waals surface area contributed by atoms with Gasteiger partial charge in [0.25, 0.3) is 0 Å². The number of hydrogen-bond acceptors (Lipinski definition) is 3. The molecule has 0 heterocycles. The summed E-state index contributed by atoms with van der Waals surface area (Å²) in [6.07, 6.45) is -4.60. The molecule has 0 aliphatic carbocycles. The Morgan fingerprint density at radius 1 is 1.38 bits per heavy atom. The van der Waals surface area contributed by atoms with Crippen molar-refractivity contribution in [2.75, 3.05) is 12.3 Å². The lowest BCUT2D eigenvalue weighted by molar-refractivity contribution is -0.136. The average molecular weight is 255 g/mol. The predicted molar refractivity (Wildman–Crippen MR) is 54.9 cm³/mol. The van der Waals surface area contributed by atoms with Gasteiger partial charge in [-0.15, -0.1) is 0 Å². The van der Waals surface area contributed by atoms with Gasteiger partial charge in [-0.25, -0.2) is 0 Å². The molecule has 1 aromatic carbocycles. The maximum absolute atomic E-state index is 12.5. The first-order valence-corrected chi connectivity index (χ1v) is 4.67. The van der Waals surface area contributed by atoms with Gasteiger partial charge in [0.15, 0.2) is 0 Å². The third-order valence-electron chi connectivity index (χ3n) is 2.08. The minimum absolute atomic E-state index is 0.0117. The number of halogens is 4. The van der Waals surface area contributed by atoms with E-state index in [0.29, 0.717) is 0 Å². The van der Waals surface area contributed by atoms with Crippen LogP contribution in [0.2, 0.25) is 5.02 Å². The van der Waals surface area contributed by atoms with Crippen LogP contribution in [0.5, 0.6) is 0 Å². The van der Waals surface area contributed by atoms with E-state index in [1.54, 1.807) is 0 Å². The standard InChI is InChI=1S/C9H10ClF3N2O/c10-4-1-5(7(14)3-16)8(15)6(2-4)9(11,12)13/h1-2,7,16H,3,14-15H2/t7-/m0/s1. The second kappa shape index (κ2) is 4.48. The van der Waals surface area contributed by atoms with E-state index in [4.69, 9.17) is 28.2 Å². The zero-order chi connectivity index (χ0) is 12.5. The monoisotopic (exact) mass is 254 g/mol. The van der Waals surface area contributed by atoms with Crippen molar-refractivity contribution in [1.82, 2.24) is 0 Å². The van der Waals surface area contributed by atoms with Crippen LogP contribution in [-0.2, 0) is 6.18 Å². The smallest absolute Gasteiger partial charge is 0.398 e. The van der Waals surface area contributed by atoms with Crippen molar-refractivity contribution in [1.29, 1.82) is 0 Å². The van der Waals surface area contributed by atoms with E-state index in [9.17, 15) is 13.2 Å². The predicted octanol–water partition coefficient (Wildman–Crippen LogP) is 1.93. The molecule has 0 amide bonds. The molecule has 1 aromatic rings. The summed E-state index contributed by atoms with van der Waals surface area (Å²) < 4.78 is 37.6. The first-order chi connectivity index (χ1) is 7.27. The van der Waals surface area contributed by atoms with Gasteiger partial charge in [-0.1, -0.05) is 11.6 Å². The number of aliphatic hydroxyl groups excluding tert-OH is 1. The fourth-order valence-electron chi connectivity index (χ4n) is 1.28. The summed E-state index contributed by atoms with van der Waals surface area (Å²) in [6.45, 7) is -0.512. The molecular formula is C9H10ClF3N2O. The summed E-state index contributed by atoms with van der Waals surface area (Å²) >= 11 is 5.54. The molecule has 1 rings (SSSR count). The first-order valence-electron chi connectivity index (χ1n) is 4.30. The molecule has 1 atom stereocenters. The van der Waals surface area contributed by atoms with Crippen molar-refractivity contribution in [3.63, 3.8) is 0 Å². The molecule has 0 bridgehead atoms. The van der Waals surface area contributed by atoms with Crippen LogP contribution in [0.4, 0.5) is 18.9 Å². The molecule has 16 heavy (non-hydrogen) atoms. The molecule has 0 saturated carbocycles. The molecule has 5 N–H and O–H groups in total. The SMILES string of the molecule is Nc1c([C@@H](N)CO)cc(Cl)cc1C(F)(F)F. The lowest BCUT2D eigenvalue weighted by atomic mass is 10.0. The topological polar surface area (TPSA) is 72.3 Å². The molecule has 3 nitrogen and oxygen atoms in total. The fourth-order valence-corrected chi connectivity index (χ4v) is 1.51. The number of alkyl halides is 3. The van der Waals surface area contributed by atoms with Crippen LogP contribution < -0.4 is 11.5 Å². The lowest BCUT2D eigenvalue weighted by Gasteiger charge is -2.17. The van der Waals surface area contributed by atoms with E-state index in [2.05, 4.69) is 0 Å². The second-order valence-electron chi connectivity index (χ2n) is 3.24. The van der Waals surface area contributed by atoms with Gasteiger partial charge in [-0.3, -0.25) is 0 Å². The molecule has 90 valence electrons. The number of hydrogen-bond donors (Lipinski definition) is 3. The molecule has 0 saturated heterocycles. The van der Waals surface area contributed by atoms with Gasteiger partial charge in [0, 0.05) is 10.7 Å². The van der Waals surface area contributed by atoms with Gasteiger partial charge in [0.05, 0.1) is 18.2 Å². The van der Waals surface area contributed by atoms with Gasteiger partial charge in [-0.05, 0) is 17.7 Å². The highest BCUT2D eigenvalue weighted by molar-refractivity contribution is 6.30. The van der Waals surface area contributed by atoms with Crippen LogP contribution in [0.15, 0.2) is 12.1 Å². The Kier molecular flexibility index (Phi) is 3.67. The van der Waals surface area contributed by atoms with Crippen LogP contribution >= 0.6 is 11.6 Å². The molecular weight excluding hydrogens is 245 g/mol. The van der Waals surface area contributed by atoms with E-state index in [1.807, 2.05) is 0 Å². The van der Waals surface area contributed by atoms with Gasteiger partial charge in [0.2, 0.25) is 0 Å². The van der Waals surface area contributed by atoms with E-state index in [0.717, 1.165) is 6.07 Å². The summed E-state index contributed by atoms with van der Waals surface area (Å²) in [5.41, 5.74) is 9.21. The molecule has 0 aromatic heterocycles. The first kappa shape index (κ1) is 13.1. The van der Waals surface area contributed by atoms with Gasteiger partial charge in [-0.2, -0.15) is 13.2 Å². The van der Waals surface area contributed by atoms with E-state index in [1.165, 1.54) is 6.07 Å². The average Bonchev–Trinajstić information content (AvgIpc) is 2.18. The summed E-state index contributed by atoms with van der Waals surface area (Å²) in [4.78, 5) is 0. The maximum Gasteiger partial charge on any atom is 0.418 e. The normalized spacial score (nSPS) is 13.9. The summed E-state index contributed by atoms with van der Waals surface area (Å²) in [5.74, 6) is 0. The van der Waals surface area contributed by atoms with E-state index in [-0.39, 0.29) is 10.6 Å². The van der Waals surface area contributed by atoms with Gasteiger partial charge < -0.3 is 16.6 Å². The molecule has 0 fully saturated rings. The minimum atomic E-state index is -4.60. The lowest BCUT2D eigenvalue weighted by Crippen LogP contribution is -2.19. The van der Waals surface area contributed by atoms with Gasteiger partial charge >= 0.3 is 6.18 Å². The Balaban J connectivity index is 3.38. The largest absolute Gasteiger partial charge is 0.418 e. The third kappa shape index (κ3) is 2.58. The number of nitrogens with two attached hydrogens (primary N) is 2. The Labute approximate surface area is 94.8 Å².